The van der Waals surface area contributed by atoms with Crippen molar-refractivity contribution in [1.82, 2.24) is 0 Å². The lowest BCUT2D eigenvalue weighted by molar-refractivity contribution is -0.132. The van der Waals surface area contributed by atoms with Crippen molar-refractivity contribution in [1.29, 1.82) is 0 Å². The van der Waals surface area contributed by atoms with Crippen LogP contribution in [0.15, 0.2) is 29.8 Å². The molecule has 0 heterocycles. The molecule has 1 aromatic rings. The first-order valence-corrected chi connectivity index (χ1v) is 4.57. The van der Waals surface area contributed by atoms with Crippen LogP contribution < -0.4 is 0 Å². The Morgan fingerprint density at radius 1 is 1.36 bits per heavy atom. The van der Waals surface area contributed by atoms with Crippen molar-refractivity contribution < 1.29 is 9.90 Å². The SMILES string of the molecule is CC(C(=O)O)=C(C)c1cccc(Cl)c1. The number of benzene rings is 1. The van der Waals surface area contributed by atoms with Crippen molar-refractivity contribution in [2.24, 2.45) is 0 Å². The Labute approximate surface area is 87.8 Å². The van der Waals surface area contributed by atoms with Crippen molar-refractivity contribution in [3.05, 3.63) is 40.4 Å². The van der Waals surface area contributed by atoms with Crippen LogP contribution in [-0.4, -0.2) is 11.1 Å². The third-order valence-electron chi connectivity index (χ3n) is 2.14. The topological polar surface area (TPSA) is 37.3 Å². The Morgan fingerprint density at radius 3 is 2.50 bits per heavy atom. The molecule has 14 heavy (non-hydrogen) atoms. The first-order valence-electron chi connectivity index (χ1n) is 4.19. The van der Waals surface area contributed by atoms with E-state index in [-0.39, 0.29) is 0 Å². The maximum Gasteiger partial charge on any atom is 0.331 e. The van der Waals surface area contributed by atoms with Crippen molar-refractivity contribution in [3.63, 3.8) is 0 Å². The van der Waals surface area contributed by atoms with E-state index in [0.29, 0.717) is 10.6 Å². The summed E-state index contributed by atoms with van der Waals surface area (Å²) in [6, 6.07) is 7.15. The van der Waals surface area contributed by atoms with Gasteiger partial charge in [0.15, 0.2) is 0 Å². The summed E-state index contributed by atoms with van der Waals surface area (Å²) in [6.45, 7) is 3.35. The van der Waals surface area contributed by atoms with E-state index in [9.17, 15) is 4.79 Å². The fourth-order valence-electron chi connectivity index (χ4n) is 1.10. The van der Waals surface area contributed by atoms with Crippen LogP contribution in [0, 0.1) is 0 Å². The lowest BCUT2D eigenvalue weighted by Crippen LogP contribution is -1.98. The Hall–Kier alpha value is -1.28. The molecule has 0 aliphatic heterocycles. The zero-order valence-corrected chi connectivity index (χ0v) is 8.80. The maximum atomic E-state index is 10.7. The van der Waals surface area contributed by atoms with Gasteiger partial charge in [0.05, 0.1) is 0 Å². The van der Waals surface area contributed by atoms with Crippen LogP contribution in [0.3, 0.4) is 0 Å². The van der Waals surface area contributed by atoms with E-state index in [1.54, 1.807) is 32.0 Å². The molecule has 0 bridgehead atoms. The summed E-state index contributed by atoms with van der Waals surface area (Å²) in [6.07, 6.45) is 0. The monoisotopic (exact) mass is 210 g/mol. The minimum absolute atomic E-state index is 0.340. The minimum Gasteiger partial charge on any atom is -0.478 e. The zero-order valence-electron chi connectivity index (χ0n) is 8.04. The van der Waals surface area contributed by atoms with Gasteiger partial charge in [-0.1, -0.05) is 23.7 Å². The van der Waals surface area contributed by atoms with Gasteiger partial charge >= 0.3 is 5.97 Å². The summed E-state index contributed by atoms with van der Waals surface area (Å²) in [4.78, 5) is 10.7. The highest BCUT2D eigenvalue weighted by atomic mass is 35.5. The highest BCUT2D eigenvalue weighted by Gasteiger charge is 2.06. The highest BCUT2D eigenvalue weighted by Crippen LogP contribution is 2.21. The van der Waals surface area contributed by atoms with E-state index >= 15 is 0 Å². The molecule has 0 aliphatic carbocycles. The Bertz CT molecular complexity index is 394. The van der Waals surface area contributed by atoms with Crippen LogP contribution in [0.25, 0.3) is 5.57 Å². The number of allylic oxidation sites excluding steroid dienone is 1. The van der Waals surface area contributed by atoms with Crippen LogP contribution in [0.5, 0.6) is 0 Å². The van der Waals surface area contributed by atoms with Gasteiger partial charge in [-0.2, -0.15) is 0 Å². The summed E-state index contributed by atoms with van der Waals surface area (Å²) in [5, 5.41) is 9.40. The molecule has 0 fully saturated rings. The molecular weight excluding hydrogens is 200 g/mol. The van der Waals surface area contributed by atoms with E-state index < -0.39 is 5.97 Å². The quantitative estimate of drug-likeness (QED) is 0.761. The predicted octanol–water partition coefficient (Wildman–Crippen LogP) is 3.22. The molecule has 0 aromatic heterocycles. The fraction of sp³-hybridized carbons (Fsp3) is 0.182. The van der Waals surface area contributed by atoms with Gasteiger partial charge < -0.3 is 5.11 Å². The minimum atomic E-state index is -0.900. The number of rotatable bonds is 2. The largest absolute Gasteiger partial charge is 0.478 e. The highest BCUT2D eigenvalue weighted by molar-refractivity contribution is 6.30. The van der Waals surface area contributed by atoms with Gasteiger partial charge in [-0.3, -0.25) is 0 Å². The predicted molar refractivity (Wildman–Crippen MR) is 57.4 cm³/mol. The first kappa shape index (κ1) is 10.8. The van der Waals surface area contributed by atoms with Gasteiger partial charge in [0.1, 0.15) is 0 Å². The van der Waals surface area contributed by atoms with E-state index in [4.69, 9.17) is 16.7 Å². The van der Waals surface area contributed by atoms with Crippen LogP contribution >= 0.6 is 11.6 Å². The average molecular weight is 211 g/mol. The van der Waals surface area contributed by atoms with Gasteiger partial charge in [0.2, 0.25) is 0 Å². The molecule has 1 N–H and O–H groups in total. The molecule has 0 aliphatic rings. The average Bonchev–Trinajstić information content (AvgIpc) is 2.15. The van der Waals surface area contributed by atoms with Gasteiger partial charge in [-0.25, -0.2) is 4.79 Å². The van der Waals surface area contributed by atoms with Crippen LogP contribution in [0.1, 0.15) is 19.4 Å². The zero-order chi connectivity index (χ0) is 10.7. The lowest BCUT2D eigenvalue weighted by atomic mass is 10.0. The lowest BCUT2D eigenvalue weighted by Gasteiger charge is -2.04. The molecule has 0 amide bonds. The van der Waals surface area contributed by atoms with Gasteiger partial charge in [-0.05, 0) is 37.1 Å². The molecule has 3 heteroatoms. The smallest absolute Gasteiger partial charge is 0.331 e. The second-order valence-electron chi connectivity index (χ2n) is 3.07. The molecule has 0 saturated heterocycles. The number of halogens is 1. The number of aliphatic carboxylic acids is 1. The molecule has 0 unspecified atom stereocenters. The molecule has 0 atom stereocenters. The van der Waals surface area contributed by atoms with Crippen molar-refractivity contribution in [3.8, 4) is 0 Å². The normalized spacial score (nSPS) is 12.2. The molecule has 74 valence electrons. The number of carboxylic acids is 1. The molecule has 0 saturated carbocycles. The number of carbonyl (C=O) groups is 1. The van der Waals surface area contributed by atoms with Gasteiger partial charge in [-0.15, -0.1) is 0 Å². The Morgan fingerprint density at radius 2 is 2.00 bits per heavy atom. The van der Waals surface area contributed by atoms with E-state index in [1.807, 2.05) is 6.07 Å². The standard InChI is InChI=1S/C11H11ClO2/c1-7(8(2)11(13)14)9-4-3-5-10(12)6-9/h3-6H,1-2H3,(H,13,14). The van der Waals surface area contributed by atoms with Crippen LogP contribution in [0.2, 0.25) is 5.02 Å². The molecule has 0 spiro atoms. The van der Waals surface area contributed by atoms with Gasteiger partial charge in [0, 0.05) is 10.6 Å². The van der Waals surface area contributed by atoms with Crippen molar-refractivity contribution in [2.45, 2.75) is 13.8 Å². The summed E-state index contributed by atoms with van der Waals surface area (Å²) in [5.74, 6) is -0.900. The van der Waals surface area contributed by atoms with Crippen LogP contribution in [-0.2, 0) is 4.79 Å². The fourth-order valence-corrected chi connectivity index (χ4v) is 1.29. The molecule has 2 nitrogen and oxygen atoms in total. The maximum absolute atomic E-state index is 10.7. The third kappa shape index (κ3) is 2.36. The van der Waals surface area contributed by atoms with E-state index in [2.05, 4.69) is 0 Å². The summed E-state index contributed by atoms with van der Waals surface area (Å²) >= 11 is 5.80. The number of carboxylic acid groups (broad SMARTS) is 1. The Balaban J connectivity index is 3.18. The van der Waals surface area contributed by atoms with Gasteiger partial charge in [0.25, 0.3) is 0 Å². The molecule has 1 aromatic carbocycles. The second kappa shape index (κ2) is 4.29. The van der Waals surface area contributed by atoms with E-state index in [0.717, 1.165) is 11.1 Å². The number of hydrogen-bond acceptors (Lipinski definition) is 1. The molecule has 0 radical (unpaired) electrons. The molecule has 1 rings (SSSR count). The number of hydrogen-bond donors (Lipinski definition) is 1. The first-order chi connectivity index (χ1) is 6.52. The Kier molecular flexibility index (Phi) is 3.31. The summed E-state index contributed by atoms with van der Waals surface area (Å²) in [5.41, 5.74) is 1.92. The third-order valence-corrected chi connectivity index (χ3v) is 2.38. The van der Waals surface area contributed by atoms with Crippen molar-refractivity contribution in [2.75, 3.05) is 0 Å². The molecular formula is C11H11ClO2. The van der Waals surface area contributed by atoms with E-state index in [1.165, 1.54) is 0 Å². The summed E-state index contributed by atoms with van der Waals surface area (Å²) in [7, 11) is 0. The summed E-state index contributed by atoms with van der Waals surface area (Å²) < 4.78 is 0. The second-order valence-corrected chi connectivity index (χ2v) is 3.50. The van der Waals surface area contributed by atoms with Crippen LogP contribution in [0.4, 0.5) is 0 Å². The van der Waals surface area contributed by atoms with Crippen molar-refractivity contribution >= 4 is 23.1 Å².